The third-order valence-electron chi connectivity index (χ3n) is 3.41. The third kappa shape index (κ3) is 2.78. The van der Waals surface area contributed by atoms with E-state index >= 15 is 0 Å². The van der Waals surface area contributed by atoms with Crippen molar-refractivity contribution in [3.63, 3.8) is 0 Å². The molecule has 2 rings (SSSR count). The summed E-state index contributed by atoms with van der Waals surface area (Å²) in [5.41, 5.74) is 7.74. The second-order valence-corrected chi connectivity index (χ2v) is 5.10. The maximum absolute atomic E-state index is 6.45. The van der Waals surface area contributed by atoms with Gasteiger partial charge in [-0.15, -0.1) is 0 Å². The minimum atomic E-state index is 0.0146. The molecule has 2 heteroatoms. The van der Waals surface area contributed by atoms with Gasteiger partial charge in [0, 0.05) is 17.9 Å². The van der Waals surface area contributed by atoms with Crippen LogP contribution in [0.2, 0.25) is 0 Å². The Hall–Kier alpha value is -0.890. The monoisotopic (exact) mass is 204 g/mol. The molecule has 1 aliphatic rings. The number of nitrogens with zero attached hydrogens (tertiary/aromatic N) is 1. The summed E-state index contributed by atoms with van der Waals surface area (Å²) in [7, 11) is 0. The molecule has 2 atom stereocenters. The van der Waals surface area contributed by atoms with E-state index in [0.29, 0.717) is 0 Å². The first-order valence-electron chi connectivity index (χ1n) is 5.86. The Morgan fingerprint density at radius 1 is 1.60 bits per heavy atom. The van der Waals surface area contributed by atoms with Crippen molar-refractivity contribution >= 4 is 0 Å². The van der Waals surface area contributed by atoms with Crippen LogP contribution < -0.4 is 5.73 Å². The van der Waals surface area contributed by atoms with Crippen LogP contribution in [0.15, 0.2) is 24.5 Å². The maximum Gasteiger partial charge on any atom is 0.0300 e. The first-order valence-corrected chi connectivity index (χ1v) is 5.86. The van der Waals surface area contributed by atoms with Crippen LogP contribution in [0.3, 0.4) is 0 Å². The largest absolute Gasteiger partial charge is 0.325 e. The molecule has 0 saturated heterocycles. The van der Waals surface area contributed by atoms with Gasteiger partial charge in [0.05, 0.1) is 0 Å². The summed E-state index contributed by atoms with van der Waals surface area (Å²) in [6.07, 6.45) is 9.66. The fourth-order valence-electron chi connectivity index (χ4n) is 2.77. The van der Waals surface area contributed by atoms with E-state index in [0.717, 1.165) is 25.2 Å². The van der Waals surface area contributed by atoms with Crippen molar-refractivity contribution in [2.24, 2.45) is 11.7 Å². The van der Waals surface area contributed by atoms with Gasteiger partial charge in [0.15, 0.2) is 0 Å². The van der Waals surface area contributed by atoms with Gasteiger partial charge in [0.25, 0.3) is 0 Å². The van der Waals surface area contributed by atoms with Crippen LogP contribution in [0, 0.1) is 5.92 Å². The van der Waals surface area contributed by atoms with Crippen molar-refractivity contribution in [2.75, 3.05) is 0 Å². The smallest absolute Gasteiger partial charge is 0.0300 e. The van der Waals surface area contributed by atoms with E-state index in [1.807, 2.05) is 18.5 Å². The Bertz CT molecular complexity index is 310. The van der Waals surface area contributed by atoms with Crippen LogP contribution in [-0.2, 0) is 6.42 Å². The molecule has 1 heterocycles. The molecule has 1 fully saturated rings. The summed E-state index contributed by atoms with van der Waals surface area (Å²) in [4.78, 5) is 4.14. The van der Waals surface area contributed by atoms with Gasteiger partial charge in [-0.05, 0) is 36.8 Å². The van der Waals surface area contributed by atoms with Crippen LogP contribution in [0.4, 0.5) is 0 Å². The second kappa shape index (κ2) is 4.31. The number of rotatable bonds is 2. The molecule has 1 aliphatic carbocycles. The molecule has 0 radical (unpaired) electrons. The van der Waals surface area contributed by atoms with Gasteiger partial charge in [-0.25, -0.2) is 0 Å². The normalized spacial score (nSPS) is 31.5. The lowest BCUT2D eigenvalue weighted by Gasteiger charge is -2.36. The van der Waals surface area contributed by atoms with Crippen LogP contribution in [-0.4, -0.2) is 10.5 Å². The standard InChI is InChI=1S/C13H20N2/c1-11-4-2-6-13(14,8-11)9-12-5-3-7-15-10-12/h3,5,7,10-11H,2,4,6,8-9,14H2,1H3. The van der Waals surface area contributed by atoms with Crippen molar-refractivity contribution in [3.05, 3.63) is 30.1 Å². The molecule has 0 aliphatic heterocycles. The van der Waals surface area contributed by atoms with E-state index < -0.39 is 0 Å². The molecule has 1 aromatic heterocycles. The lowest BCUT2D eigenvalue weighted by atomic mass is 9.74. The predicted octanol–water partition coefficient (Wildman–Crippen LogP) is 2.53. The summed E-state index contributed by atoms with van der Waals surface area (Å²) in [5.74, 6) is 0.778. The van der Waals surface area contributed by atoms with Crippen LogP contribution >= 0.6 is 0 Å². The quantitative estimate of drug-likeness (QED) is 0.804. The van der Waals surface area contributed by atoms with E-state index in [4.69, 9.17) is 5.73 Å². The van der Waals surface area contributed by atoms with Gasteiger partial charge in [-0.1, -0.05) is 25.8 Å². The molecule has 0 spiro atoms. The van der Waals surface area contributed by atoms with E-state index in [2.05, 4.69) is 18.0 Å². The molecule has 1 saturated carbocycles. The summed E-state index contributed by atoms with van der Waals surface area (Å²) in [5, 5.41) is 0. The molecule has 82 valence electrons. The van der Waals surface area contributed by atoms with Gasteiger partial charge >= 0.3 is 0 Å². The predicted molar refractivity (Wildman–Crippen MR) is 62.5 cm³/mol. The highest BCUT2D eigenvalue weighted by Crippen LogP contribution is 2.32. The molecule has 0 aromatic carbocycles. The molecule has 2 nitrogen and oxygen atoms in total. The Morgan fingerprint density at radius 2 is 2.47 bits per heavy atom. The van der Waals surface area contributed by atoms with Crippen LogP contribution in [0.25, 0.3) is 0 Å². The first-order chi connectivity index (χ1) is 7.18. The lowest BCUT2D eigenvalue weighted by Crippen LogP contribution is -2.45. The highest BCUT2D eigenvalue weighted by atomic mass is 14.7. The average molecular weight is 204 g/mol. The Morgan fingerprint density at radius 3 is 3.13 bits per heavy atom. The zero-order valence-corrected chi connectivity index (χ0v) is 9.45. The fourth-order valence-corrected chi connectivity index (χ4v) is 2.77. The molecule has 1 aromatic rings. The number of hydrogen-bond donors (Lipinski definition) is 1. The number of hydrogen-bond acceptors (Lipinski definition) is 2. The minimum Gasteiger partial charge on any atom is -0.325 e. The number of pyridine rings is 1. The van der Waals surface area contributed by atoms with Crippen molar-refractivity contribution in [1.29, 1.82) is 0 Å². The number of nitrogens with two attached hydrogens (primary N) is 1. The summed E-state index contributed by atoms with van der Waals surface area (Å²) < 4.78 is 0. The zero-order valence-electron chi connectivity index (χ0n) is 9.45. The Labute approximate surface area is 91.9 Å². The molecular weight excluding hydrogens is 184 g/mol. The summed E-state index contributed by atoms with van der Waals surface area (Å²) in [6.45, 7) is 2.31. The highest BCUT2D eigenvalue weighted by molar-refractivity contribution is 5.13. The van der Waals surface area contributed by atoms with Crippen LogP contribution in [0.1, 0.15) is 38.2 Å². The van der Waals surface area contributed by atoms with E-state index in [-0.39, 0.29) is 5.54 Å². The highest BCUT2D eigenvalue weighted by Gasteiger charge is 2.30. The lowest BCUT2D eigenvalue weighted by molar-refractivity contribution is 0.235. The summed E-state index contributed by atoms with van der Waals surface area (Å²) in [6, 6.07) is 4.12. The molecule has 0 amide bonds. The van der Waals surface area contributed by atoms with E-state index in [1.165, 1.54) is 18.4 Å². The fraction of sp³-hybridized carbons (Fsp3) is 0.615. The molecule has 0 bridgehead atoms. The van der Waals surface area contributed by atoms with Gasteiger partial charge < -0.3 is 5.73 Å². The van der Waals surface area contributed by atoms with Crippen LogP contribution in [0.5, 0.6) is 0 Å². The van der Waals surface area contributed by atoms with Crippen molar-refractivity contribution in [1.82, 2.24) is 4.98 Å². The SMILES string of the molecule is CC1CCCC(N)(Cc2cccnc2)C1. The molecular formula is C13H20N2. The van der Waals surface area contributed by atoms with Crippen molar-refractivity contribution in [3.8, 4) is 0 Å². The maximum atomic E-state index is 6.45. The van der Waals surface area contributed by atoms with Gasteiger partial charge in [0.2, 0.25) is 0 Å². The minimum absolute atomic E-state index is 0.0146. The number of aromatic nitrogens is 1. The topological polar surface area (TPSA) is 38.9 Å². The molecule has 2 unspecified atom stereocenters. The van der Waals surface area contributed by atoms with Gasteiger partial charge in [-0.2, -0.15) is 0 Å². The third-order valence-corrected chi connectivity index (χ3v) is 3.41. The molecule has 2 N–H and O–H groups in total. The van der Waals surface area contributed by atoms with E-state index in [9.17, 15) is 0 Å². The van der Waals surface area contributed by atoms with Crippen molar-refractivity contribution in [2.45, 2.75) is 44.6 Å². The molecule has 15 heavy (non-hydrogen) atoms. The van der Waals surface area contributed by atoms with E-state index in [1.54, 1.807) is 0 Å². The second-order valence-electron chi connectivity index (χ2n) is 5.10. The zero-order chi connectivity index (χ0) is 10.7. The average Bonchev–Trinajstić information content (AvgIpc) is 2.18. The van der Waals surface area contributed by atoms with Gasteiger partial charge in [0.1, 0.15) is 0 Å². The van der Waals surface area contributed by atoms with Crippen molar-refractivity contribution < 1.29 is 0 Å². The summed E-state index contributed by atoms with van der Waals surface area (Å²) >= 11 is 0. The Balaban J connectivity index is 2.04. The Kier molecular flexibility index (Phi) is 3.06. The van der Waals surface area contributed by atoms with Gasteiger partial charge in [-0.3, -0.25) is 4.98 Å². The first kappa shape index (κ1) is 10.6.